The van der Waals surface area contributed by atoms with Gasteiger partial charge >= 0.3 is 5.97 Å². The molecular weight excluding hydrogens is 433 g/mol. The third kappa shape index (κ3) is 5.65. The van der Waals surface area contributed by atoms with Crippen molar-refractivity contribution >= 4 is 46.3 Å². The van der Waals surface area contributed by atoms with Crippen LogP contribution in [0.4, 0.5) is 10.1 Å². The normalized spacial score (nSPS) is 10.3. The van der Waals surface area contributed by atoms with E-state index in [0.29, 0.717) is 9.21 Å². The summed E-state index contributed by atoms with van der Waals surface area (Å²) in [6, 6.07) is 15.0. The van der Waals surface area contributed by atoms with E-state index in [4.69, 9.17) is 21.1 Å². The first kappa shape index (κ1) is 21.5. The van der Waals surface area contributed by atoms with Crippen molar-refractivity contribution < 1.29 is 28.2 Å². The number of Topliss-reactive ketones (excluding diaryl/α,β-unsaturated/α-hetero) is 1. The van der Waals surface area contributed by atoms with Crippen LogP contribution in [0.1, 0.15) is 20.0 Å². The largest absolute Gasteiger partial charge is 0.483 e. The van der Waals surface area contributed by atoms with E-state index >= 15 is 0 Å². The van der Waals surface area contributed by atoms with Crippen molar-refractivity contribution in [2.24, 2.45) is 0 Å². The van der Waals surface area contributed by atoms with Crippen LogP contribution in [0, 0.1) is 5.82 Å². The number of rotatable bonds is 8. The zero-order valence-corrected chi connectivity index (χ0v) is 17.0. The number of nitrogens with one attached hydrogen (secondary N) is 1. The van der Waals surface area contributed by atoms with Crippen molar-refractivity contribution in [2.45, 2.75) is 0 Å². The van der Waals surface area contributed by atoms with Crippen molar-refractivity contribution in [1.29, 1.82) is 0 Å². The topological polar surface area (TPSA) is 81.7 Å². The minimum Gasteiger partial charge on any atom is -0.483 e. The number of halogens is 2. The van der Waals surface area contributed by atoms with E-state index in [9.17, 15) is 18.8 Å². The van der Waals surface area contributed by atoms with Crippen LogP contribution in [0.25, 0.3) is 0 Å². The summed E-state index contributed by atoms with van der Waals surface area (Å²) in [6.45, 7) is -0.914. The van der Waals surface area contributed by atoms with Gasteiger partial charge in [0.25, 0.3) is 5.91 Å². The highest BCUT2D eigenvalue weighted by Crippen LogP contribution is 2.23. The molecule has 30 heavy (non-hydrogen) atoms. The molecule has 9 heteroatoms. The summed E-state index contributed by atoms with van der Waals surface area (Å²) in [6.07, 6.45) is 0. The molecule has 0 saturated heterocycles. The quantitative estimate of drug-likeness (QED) is 0.403. The molecule has 1 aromatic heterocycles. The molecule has 0 bridgehead atoms. The molecule has 154 valence electrons. The highest BCUT2D eigenvalue weighted by molar-refractivity contribution is 7.18. The Morgan fingerprint density at radius 2 is 1.70 bits per heavy atom. The predicted octanol–water partition coefficient (Wildman–Crippen LogP) is 4.60. The van der Waals surface area contributed by atoms with Crippen molar-refractivity contribution in [1.82, 2.24) is 0 Å². The van der Waals surface area contributed by atoms with Gasteiger partial charge in [-0.1, -0.05) is 35.9 Å². The molecule has 0 spiro atoms. The second kappa shape index (κ2) is 10.00. The number of hydrogen-bond donors (Lipinski definition) is 1. The molecule has 0 radical (unpaired) electrons. The number of thiophene rings is 1. The number of para-hydroxylation sites is 2. The molecule has 6 nitrogen and oxygen atoms in total. The van der Waals surface area contributed by atoms with E-state index in [1.165, 1.54) is 30.3 Å². The van der Waals surface area contributed by atoms with Gasteiger partial charge in [0.15, 0.2) is 13.2 Å². The average molecular weight is 448 g/mol. The third-order valence-electron chi connectivity index (χ3n) is 3.80. The third-order valence-corrected chi connectivity index (χ3v) is 5.07. The van der Waals surface area contributed by atoms with E-state index in [-0.39, 0.29) is 22.8 Å². The van der Waals surface area contributed by atoms with Gasteiger partial charge in [0.2, 0.25) is 5.78 Å². The van der Waals surface area contributed by atoms with Crippen molar-refractivity contribution in [3.8, 4) is 5.75 Å². The smallest absolute Gasteiger partial charge is 0.342 e. The minimum absolute atomic E-state index is 0.0194. The Morgan fingerprint density at radius 3 is 2.43 bits per heavy atom. The Hall–Kier alpha value is -3.23. The summed E-state index contributed by atoms with van der Waals surface area (Å²) in [4.78, 5) is 36.8. The van der Waals surface area contributed by atoms with Gasteiger partial charge in [-0.2, -0.15) is 0 Å². The molecule has 0 atom stereocenters. The molecule has 0 aliphatic heterocycles. The number of ether oxygens (including phenoxy) is 2. The number of benzene rings is 2. The number of anilines is 1. The fourth-order valence-electron chi connectivity index (χ4n) is 2.40. The van der Waals surface area contributed by atoms with Crippen LogP contribution in [0.3, 0.4) is 0 Å². The molecule has 3 rings (SSSR count). The fraction of sp³-hybridized carbons (Fsp3) is 0.0952. The van der Waals surface area contributed by atoms with Gasteiger partial charge < -0.3 is 14.8 Å². The maximum Gasteiger partial charge on any atom is 0.342 e. The average Bonchev–Trinajstić information content (AvgIpc) is 3.18. The lowest BCUT2D eigenvalue weighted by Crippen LogP contribution is -2.22. The van der Waals surface area contributed by atoms with Crippen molar-refractivity contribution in [3.05, 3.63) is 81.3 Å². The summed E-state index contributed by atoms with van der Waals surface area (Å²) < 4.78 is 24.5. The predicted molar refractivity (Wildman–Crippen MR) is 111 cm³/mol. The Balaban J connectivity index is 1.58. The molecule has 0 aliphatic carbocycles. The van der Waals surface area contributed by atoms with Crippen LogP contribution in [0.2, 0.25) is 4.34 Å². The molecule has 1 heterocycles. The molecule has 0 aliphatic rings. The first-order valence-electron chi connectivity index (χ1n) is 8.66. The number of hydrogen-bond acceptors (Lipinski definition) is 6. The first-order valence-corrected chi connectivity index (χ1v) is 9.85. The van der Waals surface area contributed by atoms with Gasteiger partial charge in [-0.15, -0.1) is 11.3 Å². The monoisotopic (exact) mass is 447 g/mol. The molecule has 3 aromatic rings. The van der Waals surface area contributed by atoms with Crippen LogP contribution in [-0.2, 0) is 9.53 Å². The van der Waals surface area contributed by atoms with Crippen molar-refractivity contribution in [2.75, 3.05) is 18.5 Å². The van der Waals surface area contributed by atoms with Crippen LogP contribution in [0.5, 0.6) is 5.75 Å². The fourth-order valence-corrected chi connectivity index (χ4v) is 3.36. The van der Waals surface area contributed by atoms with Crippen LogP contribution >= 0.6 is 22.9 Å². The zero-order valence-electron chi connectivity index (χ0n) is 15.4. The lowest BCUT2D eigenvalue weighted by atomic mass is 10.2. The van der Waals surface area contributed by atoms with Crippen LogP contribution in [0.15, 0.2) is 60.7 Å². The van der Waals surface area contributed by atoms with Gasteiger partial charge in [-0.3, -0.25) is 9.59 Å². The Morgan fingerprint density at radius 1 is 0.967 bits per heavy atom. The highest BCUT2D eigenvalue weighted by atomic mass is 35.5. The summed E-state index contributed by atoms with van der Waals surface area (Å²) in [7, 11) is 0. The first-order chi connectivity index (χ1) is 14.4. The molecule has 0 fully saturated rings. The van der Waals surface area contributed by atoms with Crippen LogP contribution < -0.4 is 10.1 Å². The number of carbonyl (C=O) groups is 3. The summed E-state index contributed by atoms with van der Waals surface area (Å²) >= 11 is 6.88. The second-order valence-corrected chi connectivity index (χ2v) is 7.63. The molecule has 1 N–H and O–H groups in total. The SMILES string of the molecule is O=C(COc1ccccc1C(=O)OCC(=O)c1ccc(Cl)s1)Nc1ccccc1F. The van der Waals surface area contributed by atoms with Gasteiger partial charge in [-0.05, 0) is 36.4 Å². The lowest BCUT2D eigenvalue weighted by Gasteiger charge is -2.11. The minimum atomic E-state index is -0.781. The number of ketones is 1. The number of carbonyl (C=O) groups excluding carboxylic acids is 3. The van der Waals surface area contributed by atoms with E-state index < -0.39 is 30.9 Å². The summed E-state index contributed by atoms with van der Waals surface area (Å²) in [5, 5.41) is 2.38. The van der Waals surface area contributed by atoms with Crippen LogP contribution in [-0.4, -0.2) is 30.9 Å². The Kier molecular flexibility index (Phi) is 7.16. The summed E-state index contributed by atoms with van der Waals surface area (Å²) in [5.74, 6) is -2.25. The summed E-state index contributed by atoms with van der Waals surface area (Å²) in [5.41, 5.74) is 0.0687. The zero-order chi connectivity index (χ0) is 21.5. The lowest BCUT2D eigenvalue weighted by molar-refractivity contribution is -0.118. The standard InChI is InChI=1S/C21H15ClFNO5S/c22-19-10-9-18(30-19)16(25)11-29-21(27)13-5-1-4-8-17(13)28-12-20(26)24-15-7-3-2-6-14(15)23/h1-10H,11-12H2,(H,24,26). The molecule has 0 saturated carbocycles. The molecule has 2 aromatic carbocycles. The van der Waals surface area contributed by atoms with Gasteiger partial charge in [0.05, 0.1) is 14.9 Å². The van der Waals surface area contributed by atoms with E-state index in [1.54, 1.807) is 30.3 Å². The highest BCUT2D eigenvalue weighted by Gasteiger charge is 2.18. The van der Waals surface area contributed by atoms with Gasteiger partial charge in [0, 0.05) is 0 Å². The Labute approximate surface area is 180 Å². The van der Waals surface area contributed by atoms with E-state index in [1.807, 2.05) is 0 Å². The maximum absolute atomic E-state index is 13.6. The number of amides is 1. The molecule has 0 unspecified atom stereocenters. The number of esters is 1. The second-order valence-electron chi connectivity index (χ2n) is 5.92. The van der Waals surface area contributed by atoms with Gasteiger partial charge in [0.1, 0.15) is 17.1 Å². The van der Waals surface area contributed by atoms with E-state index in [2.05, 4.69) is 5.32 Å². The molecule has 1 amide bonds. The van der Waals surface area contributed by atoms with Crippen molar-refractivity contribution in [3.63, 3.8) is 0 Å². The van der Waals surface area contributed by atoms with Gasteiger partial charge in [-0.25, -0.2) is 9.18 Å². The molecular formula is C21H15ClFNO5S. The Bertz CT molecular complexity index is 1080. The van der Waals surface area contributed by atoms with E-state index in [0.717, 1.165) is 11.3 Å². The maximum atomic E-state index is 13.6.